The average Bonchev–Trinajstić information content (AvgIpc) is 3.23. The third kappa shape index (κ3) is 2.55. The lowest BCUT2D eigenvalue weighted by Gasteiger charge is -2.18. The lowest BCUT2D eigenvalue weighted by molar-refractivity contribution is -0.137. The summed E-state index contributed by atoms with van der Waals surface area (Å²) in [7, 11) is 0. The van der Waals surface area contributed by atoms with E-state index in [-0.39, 0.29) is 22.5 Å². The minimum absolute atomic E-state index is 0.122. The van der Waals surface area contributed by atoms with E-state index in [1.165, 1.54) is 17.1 Å². The molecule has 142 valence electrons. The first kappa shape index (κ1) is 17.5. The van der Waals surface area contributed by atoms with Gasteiger partial charge in [0.25, 0.3) is 17.4 Å². The van der Waals surface area contributed by atoms with E-state index in [2.05, 4.69) is 5.10 Å². The second kappa shape index (κ2) is 5.81. The summed E-state index contributed by atoms with van der Waals surface area (Å²) in [6.07, 6.45) is -1.81. The van der Waals surface area contributed by atoms with Crippen molar-refractivity contribution in [1.29, 1.82) is 0 Å². The van der Waals surface area contributed by atoms with Gasteiger partial charge in [-0.25, -0.2) is 4.68 Å². The molecule has 0 spiro atoms. The van der Waals surface area contributed by atoms with Gasteiger partial charge in [0.2, 0.25) is 0 Å². The van der Waals surface area contributed by atoms with Crippen LogP contribution in [0, 0.1) is 0 Å². The summed E-state index contributed by atoms with van der Waals surface area (Å²) in [6.45, 7) is 0. The van der Waals surface area contributed by atoms with Crippen molar-refractivity contribution in [3.63, 3.8) is 0 Å². The van der Waals surface area contributed by atoms with Crippen LogP contribution in [0.4, 0.5) is 19.0 Å². The number of imide groups is 1. The summed E-state index contributed by atoms with van der Waals surface area (Å²) in [6, 6.07) is 5.11. The van der Waals surface area contributed by atoms with Gasteiger partial charge in [0.15, 0.2) is 0 Å². The van der Waals surface area contributed by atoms with E-state index >= 15 is 0 Å². The second-order valence-electron chi connectivity index (χ2n) is 5.93. The van der Waals surface area contributed by atoms with E-state index in [1.54, 1.807) is 6.07 Å². The fourth-order valence-corrected chi connectivity index (χ4v) is 3.01. The number of anilines is 1. The van der Waals surface area contributed by atoms with Crippen LogP contribution in [0.15, 0.2) is 47.5 Å². The van der Waals surface area contributed by atoms with Crippen molar-refractivity contribution in [3.05, 3.63) is 69.8 Å². The zero-order valence-electron chi connectivity index (χ0n) is 13.8. The van der Waals surface area contributed by atoms with Crippen LogP contribution in [0.25, 0.3) is 11.4 Å². The maximum Gasteiger partial charge on any atom is 0.416 e. The Balaban J connectivity index is 2.07. The Morgan fingerprint density at radius 2 is 1.79 bits per heavy atom. The molecule has 4 rings (SSSR count). The van der Waals surface area contributed by atoms with Gasteiger partial charge >= 0.3 is 6.18 Å². The fourth-order valence-electron chi connectivity index (χ4n) is 3.01. The molecule has 11 heteroatoms. The number of hydrogen-bond donors (Lipinski definition) is 2. The molecule has 0 aliphatic carbocycles. The first-order valence-electron chi connectivity index (χ1n) is 7.81. The largest absolute Gasteiger partial charge is 0.416 e. The summed E-state index contributed by atoms with van der Waals surface area (Å²) < 4.78 is 41.7. The normalized spacial score (nSPS) is 13.5. The molecule has 0 fully saturated rings. The van der Waals surface area contributed by atoms with E-state index in [4.69, 9.17) is 5.73 Å². The average molecular weight is 389 g/mol. The van der Waals surface area contributed by atoms with Crippen LogP contribution in [0.3, 0.4) is 0 Å². The molecule has 0 saturated heterocycles. The number of rotatable bonds is 2. The highest BCUT2D eigenvalue weighted by Crippen LogP contribution is 2.33. The number of pyridine rings is 1. The van der Waals surface area contributed by atoms with Crippen LogP contribution < -0.4 is 16.6 Å². The standard InChI is InChI=1S/C17H10F3N5O3/c18-17(19,20)8-2-3-10(24-5-1-4-22-24)11(6-8)25-12(26)7-9-13(14(25)21)16(28)23-15(9)27/h1-7H,21H2,(H,23,27,28). The first-order valence-corrected chi connectivity index (χ1v) is 7.81. The zero-order chi connectivity index (χ0) is 20.2. The Morgan fingerprint density at radius 1 is 1.04 bits per heavy atom. The highest BCUT2D eigenvalue weighted by Gasteiger charge is 2.34. The topological polar surface area (TPSA) is 112 Å². The molecule has 3 aromatic rings. The third-order valence-electron chi connectivity index (χ3n) is 4.25. The van der Waals surface area contributed by atoms with Crippen LogP contribution in [0.2, 0.25) is 0 Å². The molecular formula is C17H10F3N5O3. The van der Waals surface area contributed by atoms with E-state index in [9.17, 15) is 27.6 Å². The predicted octanol–water partition coefficient (Wildman–Crippen LogP) is 1.51. The first-order chi connectivity index (χ1) is 13.2. The summed E-state index contributed by atoms with van der Waals surface area (Å²) in [5, 5.41) is 5.97. The van der Waals surface area contributed by atoms with E-state index in [1.807, 2.05) is 5.32 Å². The quantitative estimate of drug-likeness (QED) is 0.646. The summed E-state index contributed by atoms with van der Waals surface area (Å²) >= 11 is 0. The molecule has 8 nitrogen and oxygen atoms in total. The number of hydrogen-bond acceptors (Lipinski definition) is 5. The van der Waals surface area contributed by atoms with Crippen LogP contribution in [0.1, 0.15) is 26.3 Å². The fraction of sp³-hybridized carbons (Fsp3) is 0.0588. The molecule has 3 N–H and O–H groups in total. The van der Waals surface area contributed by atoms with Gasteiger partial charge in [-0.05, 0) is 24.3 Å². The number of nitrogens with one attached hydrogen (secondary N) is 1. The number of amides is 2. The maximum atomic E-state index is 13.2. The number of carbonyl (C=O) groups excluding carboxylic acids is 2. The molecule has 3 heterocycles. The number of carbonyl (C=O) groups is 2. The van der Waals surface area contributed by atoms with Crippen LogP contribution >= 0.6 is 0 Å². The molecule has 0 radical (unpaired) electrons. The SMILES string of the molecule is Nc1c2c(cc(=O)n1-c1cc(C(F)(F)F)ccc1-n1cccn1)C(=O)NC2=O. The number of nitrogens with zero attached hydrogens (tertiary/aromatic N) is 3. The van der Waals surface area contributed by atoms with Gasteiger partial charge in [0.1, 0.15) is 5.82 Å². The van der Waals surface area contributed by atoms with Crippen molar-refractivity contribution in [2.75, 3.05) is 5.73 Å². The lowest BCUT2D eigenvalue weighted by atomic mass is 10.1. The van der Waals surface area contributed by atoms with Crippen LogP contribution in [0.5, 0.6) is 0 Å². The summed E-state index contributed by atoms with van der Waals surface area (Å²) in [5.41, 5.74) is 3.44. The van der Waals surface area contributed by atoms with Crippen molar-refractivity contribution in [1.82, 2.24) is 19.7 Å². The highest BCUT2D eigenvalue weighted by molar-refractivity contribution is 6.23. The van der Waals surface area contributed by atoms with Crippen LogP contribution in [-0.2, 0) is 6.18 Å². The Morgan fingerprint density at radius 3 is 2.43 bits per heavy atom. The number of nitrogens with two attached hydrogens (primary N) is 1. The molecule has 0 atom stereocenters. The number of fused-ring (bicyclic) bond motifs is 1. The van der Waals surface area contributed by atoms with E-state index in [0.717, 1.165) is 28.8 Å². The predicted molar refractivity (Wildman–Crippen MR) is 90.4 cm³/mol. The van der Waals surface area contributed by atoms with E-state index < -0.39 is 34.9 Å². The number of alkyl halides is 3. The molecule has 28 heavy (non-hydrogen) atoms. The van der Waals surface area contributed by atoms with Gasteiger partial charge in [-0.1, -0.05) is 0 Å². The molecule has 2 amide bonds. The molecule has 2 aromatic heterocycles. The van der Waals surface area contributed by atoms with Gasteiger partial charge in [-0.15, -0.1) is 0 Å². The Labute approximate surface area is 154 Å². The Kier molecular flexibility index (Phi) is 3.63. The lowest BCUT2D eigenvalue weighted by Crippen LogP contribution is -2.25. The second-order valence-corrected chi connectivity index (χ2v) is 5.93. The summed E-state index contributed by atoms with van der Waals surface area (Å²) in [4.78, 5) is 36.4. The monoisotopic (exact) mass is 389 g/mol. The number of aromatic nitrogens is 3. The van der Waals surface area contributed by atoms with Gasteiger partial charge in [0.05, 0.1) is 28.1 Å². The summed E-state index contributed by atoms with van der Waals surface area (Å²) in [5.74, 6) is -2.08. The minimum Gasteiger partial charge on any atom is -0.384 e. The molecule has 0 bridgehead atoms. The van der Waals surface area contributed by atoms with Crippen molar-refractivity contribution in [2.24, 2.45) is 0 Å². The Bertz CT molecular complexity index is 1200. The van der Waals surface area contributed by atoms with Crippen molar-refractivity contribution < 1.29 is 22.8 Å². The van der Waals surface area contributed by atoms with Crippen molar-refractivity contribution in [2.45, 2.75) is 6.18 Å². The van der Waals surface area contributed by atoms with E-state index in [0.29, 0.717) is 0 Å². The number of halogens is 3. The highest BCUT2D eigenvalue weighted by atomic mass is 19.4. The Hall–Kier alpha value is -3.89. The van der Waals surface area contributed by atoms with Crippen molar-refractivity contribution >= 4 is 17.6 Å². The molecule has 1 aliphatic heterocycles. The zero-order valence-corrected chi connectivity index (χ0v) is 13.8. The molecule has 0 unspecified atom stereocenters. The van der Waals surface area contributed by atoms with Gasteiger partial charge in [0, 0.05) is 18.5 Å². The molecule has 0 saturated carbocycles. The number of nitrogen functional groups attached to an aromatic ring is 1. The number of benzene rings is 1. The van der Waals surface area contributed by atoms with Gasteiger partial charge < -0.3 is 5.73 Å². The molecule has 1 aromatic carbocycles. The van der Waals surface area contributed by atoms with Gasteiger partial charge in [-0.3, -0.25) is 24.3 Å². The maximum absolute atomic E-state index is 13.2. The third-order valence-corrected chi connectivity index (χ3v) is 4.25. The molecule has 1 aliphatic rings. The van der Waals surface area contributed by atoms with Crippen molar-refractivity contribution in [3.8, 4) is 11.4 Å². The smallest absolute Gasteiger partial charge is 0.384 e. The van der Waals surface area contributed by atoms with Gasteiger partial charge in [-0.2, -0.15) is 18.3 Å². The molecular weight excluding hydrogens is 379 g/mol. The minimum atomic E-state index is -4.68. The van der Waals surface area contributed by atoms with Crippen LogP contribution in [-0.4, -0.2) is 26.2 Å².